The van der Waals surface area contributed by atoms with E-state index in [1.54, 1.807) is 0 Å². The molecule has 2 heterocycles. The van der Waals surface area contributed by atoms with Crippen molar-refractivity contribution in [3.63, 3.8) is 0 Å². The van der Waals surface area contributed by atoms with Crippen molar-refractivity contribution >= 4 is 17.4 Å². The lowest BCUT2D eigenvalue weighted by molar-refractivity contribution is 0.0958. The van der Waals surface area contributed by atoms with Crippen molar-refractivity contribution in [2.75, 3.05) is 19.8 Å². The number of hydrogen-bond donors (Lipinski definition) is 1. The Labute approximate surface area is 119 Å². The van der Waals surface area contributed by atoms with E-state index < -0.39 is 0 Å². The zero-order valence-corrected chi connectivity index (χ0v) is 11.5. The molecule has 0 spiro atoms. The minimum atomic E-state index is -0.141. The first kappa shape index (κ1) is 12.9. The van der Waals surface area contributed by atoms with Crippen LogP contribution >= 0.6 is 11.5 Å². The van der Waals surface area contributed by atoms with E-state index in [0.717, 1.165) is 35.0 Å². The molecule has 1 aliphatic heterocycles. The van der Waals surface area contributed by atoms with Crippen molar-refractivity contribution in [3.05, 3.63) is 34.8 Å². The second-order valence-electron chi connectivity index (χ2n) is 4.27. The number of ether oxygens (including phenoxy) is 2. The van der Waals surface area contributed by atoms with Crippen molar-refractivity contribution in [1.29, 1.82) is 0 Å². The molecule has 1 aliphatic rings. The summed E-state index contributed by atoms with van der Waals surface area (Å²) in [6, 6.07) is 5.83. The summed E-state index contributed by atoms with van der Waals surface area (Å²) in [6.07, 6.45) is 2.19. The third-order valence-electron chi connectivity index (χ3n) is 2.89. The smallest absolute Gasteiger partial charge is 0.264 e. The van der Waals surface area contributed by atoms with Gasteiger partial charge in [0.2, 0.25) is 0 Å². The van der Waals surface area contributed by atoms with Gasteiger partial charge in [0.05, 0.1) is 6.20 Å². The van der Waals surface area contributed by atoms with Crippen LogP contribution in [0.25, 0.3) is 0 Å². The Bertz CT molecular complexity index is 601. The number of hydrogen-bond acceptors (Lipinski definition) is 6. The maximum absolute atomic E-state index is 11.7. The third-order valence-corrected chi connectivity index (χ3v) is 3.55. The van der Waals surface area contributed by atoms with Crippen LogP contribution in [0.2, 0.25) is 0 Å². The summed E-state index contributed by atoms with van der Waals surface area (Å²) in [4.78, 5) is 12.2. The molecule has 0 fully saturated rings. The predicted molar refractivity (Wildman–Crippen MR) is 73.4 cm³/mol. The van der Waals surface area contributed by atoms with Crippen LogP contribution in [0.1, 0.15) is 15.2 Å². The molecule has 0 bridgehead atoms. The maximum Gasteiger partial charge on any atom is 0.264 e. The first-order valence-corrected chi connectivity index (χ1v) is 7.04. The Morgan fingerprint density at radius 2 is 2.15 bits per heavy atom. The topological polar surface area (TPSA) is 73.3 Å². The molecule has 0 radical (unpaired) electrons. The summed E-state index contributed by atoms with van der Waals surface area (Å²) < 4.78 is 14.6. The number of carbonyl (C=O) groups is 1. The second-order valence-corrected chi connectivity index (χ2v) is 5.05. The Hall–Kier alpha value is -2.15. The highest BCUT2D eigenvalue weighted by atomic mass is 32.1. The Morgan fingerprint density at radius 3 is 2.95 bits per heavy atom. The SMILES string of the molecule is O=C(NCCc1ccc2c(c1)OCCO2)c1cnns1. The molecule has 104 valence electrons. The minimum absolute atomic E-state index is 0.141. The van der Waals surface area contributed by atoms with Gasteiger partial charge in [-0.15, -0.1) is 5.10 Å². The molecule has 1 aromatic heterocycles. The average molecular weight is 291 g/mol. The van der Waals surface area contributed by atoms with E-state index in [-0.39, 0.29) is 5.91 Å². The number of benzene rings is 1. The van der Waals surface area contributed by atoms with Crippen LogP contribution < -0.4 is 14.8 Å². The molecule has 7 heteroatoms. The maximum atomic E-state index is 11.7. The lowest BCUT2D eigenvalue weighted by atomic mass is 10.1. The Morgan fingerprint density at radius 1 is 1.30 bits per heavy atom. The van der Waals surface area contributed by atoms with Crippen molar-refractivity contribution in [2.45, 2.75) is 6.42 Å². The second kappa shape index (κ2) is 5.87. The highest BCUT2D eigenvalue weighted by Crippen LogP contribution is 2.30. The van der Waals surface area contributed by atoms with Crippen molar-refractivity contribution in [1.82, 2.24) is 14.9 Å². The zero-order valence-electron chi connectivity index (χ0n) is 10.7. The standard InChI is InChI=1S/C13H13N3O3S/c17-13(12-8-15-16-20-12)14-4-3-9-1-2-10-11(7-9)19-6-5-18-10/h1-2,7-8H,3-6H2,(H,14,17). The molecule has 1 amide bonds. The molecule has 20 heavy (non-hydrogen) atoms. The van der Waals surface area contributed by atoms with Gasteiger partial charge in [-0.05, 0) is 35.6 Å². The first-order chi connectivity index (χ1) is 9.83. The average Bonchev–Trinajstić information content (AvgIpc) is 3.01. The highest BCUT2D eigenvalue weighted by Gasteiger charge is 2.12. The van der Waals surface area contributed by atoms with Gasteiger partial charge in [-0.3, -0.25) is 4.79 Å². The van der Waals surface area contributed by atoms with Gasteiger partial charge in [0.1, 0.15) is 18.1 Å². The summed E-state index contributed by atoms with van der Waals surface area (Å²) in [5.41, 5.74) is 1.09. The minimum Gasteiger partial charge on any atom is -0.486 e. The molecule has 2 aromatic rings. The monoisotopic (exact) mass is 291 g/mol. The van der Waals surface area contributed by atoms with Crippen LogP contribution in [0.5, 0.6) is 11.5 Å². The van der Waals surface area contributed by atoms with E-state index in [1.807, 2.05) is 18.2 Å². The summed E-state index contributed by atoms with van der Waals surface area (Å²) in [7, 11) is 0. The van der Waals surface area contributed by atoms with Crippen LogP contribution in [-0.4, -0.2) is 35.3 Å². The molecule has 0 atom stereocenters. The number of fused-ring (bicyclic) bond motifs is 1. The first-order valence-electron chi connectivity index (χ1n) is 6.27. The normalized spacial score (nSPS) is 13.0. The molecule has 0 saturated carbocycles. The molecule has 6 nitrogen and oxygen atoms in total. The van der Waals surface area contributed by atoms with E-state index in [4.69, 9.17) is 9.47 Å². The van der Waals surface area contributed by atoms with Crippen molar-refractivity contribution in [2.24, 2.45) is 0 Å². The molecular weight excluding hydrogens is 278 g/mol. The summed E-state index contributed by atoms with van der Waals surface area (Å²) in [6.45, 7) is 1.72. The number of nitrogens with one attached hydrogen (secondary N) is 1. The fourth-order valence-corrected chi connectivity index (χ4v) is 2.35. The van der Waals surface area contributed by atoms with Crippen LogP contribution in [0.4, 0.5) is 0 Å². The van der Waals surface area contributed by atoms with E-state index in [1.165, 1.54) is 6.20 Å². The van der Waals surface area contributed by atoms with E-state index in [9.17, 15) is 4.79 Å². The van der Waals surface area contributed by atoms with Crippen molar-refractivity contribution in [3.8, 4) is 11.5 Å². The molecular formula is C13H13N3O3S. The summed E-state index contributed by atoms with van der Waals surface area (Å²) in [5.74, 6) is 1.41. The van der Waals surface area contributed by atoms with Crippen LogP contribution in [-0.2, 0) is 6.42 Å². The van der Waals surface area contributed by atoms with Gasteiger partial charge >= 0.3 is 0 Å². The molecule has 3 rings (SSSR count). The molecule has 1 aromatic carbocycles. The van der Waals surface area contributed by atoms with Crippen molar-refractivity contribution < 1.29 is 14.3 Å². The fraction of sp³-hybridized carbons (Fsp3) is 0.308. The van der Waals surface area contributed by atoms with Crippen LogP contribution in [0.3, 0.4) is 0 Å². The lowest BCUT2D eigenvalue weighted by Gasteiger charge is -2.18. The summed E-state index contributed by atoms with van der Waals surface area (Å²) >= 11 is 1.09. The fourth-order valence-electron chi connectivity index (χ4n) is 1.92. The zero-order chi connectivity index (χ0) is 13.8. The number of aromatic nitrogens is 2. The predicted octanol–water partition coefficient (Wildman–Crippen LogP) is 1.28. The van der Waals surface area contributed by atoms with Gasteiger partial charge in [-0.25, -0.2) is 0 Å². The Balaban J connectivity index is 1.55. The Kier molecular flexibility index (Phi) is 3.78. The van der Waals surface area contributed by atoms with E-state index in [0.29, 0.717) is 24.6 Å². The highest BCUT2D eigenvalue weighted by molar-refractivity contribution is 7.07. The number of amides is 1. The van der Waals surface area contributed by atoms with E-state index in [2.05, 4.69) is 14.9 Å². The summed E-state index contributed by atoms with van der Waals surface area (Å²) in [5, 5.41) is 6.47. The van der Waals surface area contributed by atoms with E-state index >= 15 is 0 Å². The molecule has 1 N–H and O–H groups in total. The third kappa shape index (κ3) is 2.88. The molecule has 0 saturated heterocycles. The van der Waals surface area contributed by atoms with Crippen LogP contribution in [0, 0.1) is 0 Å². The number of carbonyl (C=O) groups excluding carboxylic acids is 1. The van der Waals surface area contributed by atoms with Gasteiger partial charge < -0.3 is 14.8 Å². The largest absolute Gasteiger partial charge is 0.486 e. The number of nitrogens with zero attached hydrogens (tertiary/aromatic N) is 2. The van der Waals surface area contributed by atoms with Gasteiger partial charge in [-0.1, -0.05) is 10.6 Å². The van der Waals surface area contributed by atoms with Gasteiger partial charge in [0, 0.05) is 6.54 Å². The van der Waals surface area contributed by atoms with Gasteiger partial charge in [-0.2, -0.15) is 0 Å². The van der Waals surface area contributed by atoms with Gasteiger partial charge in [0.15, 0.2) is 11.5 Å². The van der Waals surface area contributed by atoms with Crippen LogP contribution in [0.15, 0.2) is 24.4 Å². The quantitative estimate of drug-likeness (QED) is 0.918. The molecule has 0 aliphatic carbocycles. The van der Waals surface area contributed by atoms with Gasteiger partial charge in [0.25, 0.3) is 5.91 Å². The lowest BCUT2D eigenvalue weighted by Crippen LogP contribution is -2.25. The molecule has 0 unspecified atom stereocenters. The number of rotatable bonds is 4.